The van der Waals surface area contributed by atoms with Crippen molar-refractivity contribution in [2.75, 3.05) is 0 Å². The van der Waals surface area contributed by atoms with Gasteiger partial charge in [0.1, 0.15) is 0 Å². The molecule has 0 aliphatic carbocycles. The van der Waals surface area contributed by atoms with Gasteiger partial charge in [-0.25, -0.2) is 0 Å². The fraction of sp³-hybridized carbons (Fsp3) is 0.250. The normalized spacial score (nSPS) is 12.6. The van der Waals surface area contributed by atoms with E-state index in [0.29, 0.717) is 12.1 Å². The second-order valence-corrected chi connectivity index (χ2v) is 3.70. The molecule has 3 heteroatoms. The molecule has 2 aromatic rings. The fourth-order valence-corrected chi connectivity index (χ4v) is 1.71. The van der Waals surface area contributed by atoms with Crippen LogP contribution in [0.1, 0.15) is 12.5 Å². The van der Waals surface area contributed by atoms with Crippen molar-refractivity contribution in [1.82, 2.24) is 4.57 Å². The zero-order valence-electron chi connectivity index (χ0n) is 8.51. The molecule has 2 rings (SSSR count). The molecule has 0 radical (unpaired) electrons. The van der Waals surface area contributed by atoms with Crippen LogP contribution in [0.2, 0.25) is 0 Å². The second kappa shape index (κ2) is 3.76. The van der Waals surface area contributed by atoms with Gasteiger partial charge in [-0.2, -0.15) is 5.26 Å². The van der Waals surface area contributed by atoms with Gasteiger partial charge in [0.2, 0.25) is 0 Å². The van der Waals surface area contributed by atoms with Crippen molar-refractivity contribution >= 4 is 10.9 Å². The molecule has 0 fully saturated rings. The molecule has 1 heterocycles. The van der Waals surface area contributed by atoms with E-state index in [1.165, 1.54) is 0 Å². The molecule has 1 aromatic heterocycles. The van der Waals surface area contributed by atoms with Crippen molar-refractivity contribution in [3.63, 3.8) is 0 Å². The maximum Gasteiger partial charge on any atom is 0.0991 e. The van der Waals surface area contributed by atoms with Crippen molar-refractivity contribution in [1.29, 1.82) is 5.26 Å². The fourth-order valence-electron chi connectivity index (χ4n) is 1.71. The summed E-state index contributed by atoms with van der Waals surface area (Å²) < 4.78 is 1.99. The average Bonchev–Trinajstić information content (AvgIpc) is 2.60. The summed E-state index contributed by atoms with van der Waals surface area (Å²) in [6, 6.07) is 9.63. The van der Waals surface area contributed by atoms with Crippen molar-refractivity contribution in [2.24, 2.45) is 0 Å². The zero-order valence-corrected chi connectivity index (χ0v) is 8.51. The Bertz CT molecular complexity index is 520. The lowest BCUT2D eigenvalue weighted by molar-refractivity contribution is 0.175. The van der Waals surface area contributed by atoms with Crippen LogP contribution in [0, 0.1) is 11.3 Å². The maximum absolute atomic E-state index is 9.31. The van der Waals surface area contributed by atoms with Crippen LogP contribution in [0.4, 0.5) is 0 Å². The molecule has 0 aliphatic rings. The number of aromatic nitrogens is 1. The number of hydrogen-bond donors (Lipinski definition) is 1. The molecule has 1 aromatic carbocycles. The van der Waals surface area contributed by atoms with Gasteiger partial charge < -0.3 is 9.67 Å². The molecular formula is C12H12N2O. The lowest BCUT2D eigenvalue weighted by atomic mass is 10.2. The molecule has 1 N–H and O–H groups in total. The minimum atomic E-state index is -0.365. The quantitative estimate of drug-likeness (QED) is 0.804. The molecule has 0 amide bonds. The van der Waals surface area contributed by atoms with Crippen LogP contribution in [0.15, 0.2) is 30.5 Å². The Morgan fingerprint density at radius 1 is 1.47 bits per heavy atom. The van der Waals surface area contributed by atoms with E-state index in [2.05, 4.69) is 6.07 Å². The predicted molar refractivity (Wildman–Crippen MR) is 58.3 cm³/mol. The number of nitrogens with zero attached hydrogens (tertiary/aromatic N) is 2. The standard InChI is InChI=1S/C12H12N2O/c1-9(15)8-14-5-4-11-6-10(7-13)2-3-12(11)14/h2-6,9,15H,8H2,1H3. The molecule has 0 saturated carbocycles. The third-order valence-electron chi connectivity index (χ3n) is 2.36. The molecule has 0 bridgehead atoms. The first-order chi connectivity index (χ1) is 7.20. The van der Waals surface area contributed by atoms with Crippen LogP contribution in [-0.4, -0.2) is 15.8 Å². The third kappa shape index (κ3) is 1.85. The third-order valence-corrected chi connectivity index (χ3v) is 2.36. The van der Waals surface area contributed by atoms with E-state index < -0.39 is 0 Å². The Kier molecular flexibility index (Phi) is 2.44. The molecular weight excluding hydrogens is 188 g/mol. The first-order valence-corrected chi connectivity index (χ1v) is 4.88. The zero-order chi connectivity index (χ0) is 10.8. The van der Waals surface area contributed by atoms with E-state index in [0.717, 1.165) is 10.9 Å². The summed E-state index contributed by atoms with van der Waals surface area (Å²) in [4.78, 5) is 0. The van der Waals surface area contributed by atoms with Crippen molar-refractivity contribution < 1.29 is 5.11 Å². The number of rotatable bonds is 2. The van der Waals surface area contributed by atoms with Crippen LogP contribution >= 0.6 is 0 Å². The number of aliphatic hydroxyl groups is 1. The molecule has 3 nitrogen and oxygen atoms in total. The monoisotopic (exact) mass is 200 g/mol. The van der Waals surface area contributed by atoms with E-state index >= 15 is 0 Å². The van der Waals surface area contributed by atoms with E-state index in [-0.39, 0.29) is 6.10 Å². The molecule has 0 saturated heterocycles. The van der Waals surface area contributed by atoms with Crippen molar-refractivity contribution in [3.05, 3.63) is 36.0 Å². The van der Waals surface area contributed by atoms with Gasteiger partial charge in [0.15, 0.2) is 0 Å². The summed E-state index contributed by atoms with van der Waals surface area (Å²) in [5.41, 5.74) is 1.71. The molecule has 0 aliphatic heterocycles. The van der Waals surface area contributed by atoms with Crippen molar-refractivity contribution in [3.8, 4) is 6.07 Å². The van der Waals surface area contributed by atoms with Gasteiger partial charge in [-0.3, -0.25) is 0 Å². The second-order valence-electron chi connectivity index (χ2n) is 3.70. The number of hydrogen-bond acceptors (Lipinski definition) is 2. The Morgan fingerprint density at radius 2 is 2.27 bits per heavy atom. The number of fused-ring (bicyclic) bond motifs is 1. The Morgan fingerprint density at radius 3 is 2.93 bits per heavy atom. The van der Waals surface area contributed by atoms with Gasteiger partial charge in [0.25, 0.3) is 0 Å². The number of nitriles is 1. The van der Waals surface area contributed by atoms with Crippen LogP contribution in [0.5, 0.6) is 0 Å². The number of aliphatic hydroxyl groups excluding tert-OH is 1. The first-order valence-electron chi connectivity index (χ1n) is 4.88. The molecule has 76 valence electrons. The summed E-state index contributed by atoms with van der Waals surface area (Å²) in [6.45, 7) is 2.34. The SMILES string of the molecule is CC(O)Cn1ccc2cc(C#N)ccc21. The summed E-state index contributed by atoms with van der Waals surface area (Å²) >= 11 is 0. The Balaban J connectivity index is 2.48. The molecule has 1 atom stereocenters. The first kappa shape index (κ1) is 9.75. The highest BCUT2D eigenvalue weighted by atomic mass is 16.3. The largest absolute Gasteiger partial charge is 0.392 e. The predicted octanol–water partition coefficient (Wildman–Crippen LogP) is 1.89. The highest BCUT2D eigenvalue weighted by molar-refractivity contribution is 5.81. The van der Waals surface area contributed by atoms with Crippen LogP contribution in [0.3, 0.4) is 0 Å². The van der Waals surface area contributed by atoms with Gasteiger partial charge in [0, 0.05) is 23.6 Å². The Labute approximate surface area is 88.2 Å². The van der Waals surface area contributed by atoms with Gasteiger partial charge in [-0.1, -0.05) is 0 Å². The minimum Gasteiger partial charge on any atom is -0.392 e. The van der Waals surface area contributed by atoms with Gasteiger partial charge >= 0.3 is 0 Å². The molecule has 15 heavy (non-hydrogen) atoms. The van der Waals surface area contributed by atoms with E-state index in [1.807, 2.05) is 29.0 Å². The van der Waals surface area contributed by atoms with Gasteiger partial charge in [-0.15, -0.1) is 0 Å². The number of benzene rings is 1. The smallest absolute Gasteiger partial charge is 0.0991 e. The van der Waals surface area contributed by atoms with Crippen molar-refractivity contribution in [2.45, 2.75) is 19.6 Å². The Hall–Kier alpha value is -1.79. The van der Waals surface area contributed by atoms with Gasteiger partial charge in [0.05, 0.1) is 17.7 Å². The van der Waals surface area contributed by atoms with Crippen LogP contribution < -0.4 is 0 Å². The molecule has 1 unspecified atom stereocenters. The summed E-state index contributed by atoms with van der Waals surface area (Å²) in [7, 11) is 0. The maximum atomic E-state index is 9.31. The highest BCUT2D eigenvalue weighted by Crippen LogP contribution is 2.17. The lowest BCUT2D eigenvalue weighted by Crippen LogP contribution is -2.10. The lowest BCUT2D eigenvalue weighted by Gasteiger charge is -2.07. The summed E-state index contributed by atoms with van der Waals surface area (Å²) in [6.07, 6.45) is 1.56. The summed E-state index contributed by atoms with van der Waals surface area (Å²) in [5.74, 6) is 0. The average molecular weight is 200 g/mol. The topological polar surface area (TPSA) is 49.0 Å². The van der Waals surface area contributed by atoms with Gasteiger partial charge in [-0.05, 0) is 31.2 Å². The molecule has 0 spiro atoms. The van der Waals surface area contributed by atoms with Crippen LogP contribution in [0.25, 0.3) is 10.9 Å². The van der Waals surface area contributed by atoms with E-state index in [9.17, 15) is 5.11 Å². The van der Waals surface area contributed by atoms with Crippen LogP contribution in [-0.2, 0) is 6.54 Å². The van der Waals surface area contributed by atoms with E-state index in [1.54, 1.807) is 13.0 Å². The minimum absolute atomic E-state index is 0.365. The summed E-state index contributed by atoms with van der Waals surface area (Å²) in [5, 5.41) is 19.1. The van der Waals surface area contributed by atoms with E-state index in [4.69, 9.17) is 5.26 Å². The highest BCUT2D eigenvalue weighted by Gasteiger charge is 2.03.